The van der Waals surface area contributed by atoms with Crippen LogP contribution >= 0.6 is 0 Å². The first-order valence-electron chi connectivity index (χ1n) is 15.9. The monoisotopic (exact) mass is 579 g/mol. The molecule has 1 aromatic heterocycles. The van der Waals surface area contributed by atoms with Gasteiger partial charge in [0.1, 0.15) is 11.2 Å². The quantitative estimate of drug-likeness (QED) is 0.206. The number of fused-ring (bicyclic) bond motifs is 7. The average molecular weight is 580 g/mol. The summed E-state index contributed by atoms with van der Waals surface area (Å²) in [5.74, 6) is 0. The molecule has 1 atom stereocenters. The van der Waals surface area contributed by atoms with Crippen LogP contribution in [0.2, 0.25) is 0 Å². The van der Waals surface area contributed by atoms with Crippen molar-refractivity contribution in [2.75, 3.05) is 4.90 Å². The van der Waals surface area contributed by atoms with Crippen molar-refractivity contribution in [3.8, 4) is 11.1 Å². The van der Waals surface area contributed by atoms with Crippen LogP contribution in [0.15, 0.2) is 150 Å². The lowest BCUT2D eigenvalue weighted by molar-refractivity contribution is 0.659. The number of hydrogen-bond acceptors (Lipinski definition) is 2. The van der Waals surface area contributed by atoms with Crippen LogP contribution in [0.25, 0.3) is 49.4 Å². The van der Waals surface area contributed by atoms with Crippen LogP contribution in [-0.2, 0) is 5.41 Å². The van der Waals surface area contributed by atoms with Crippen molar-refractivity contribution in [2.24, 2.45) is 0 Å². The fourth-order valence-corrected chi connectivity index (χ4v) is 7.74. The lowest BCUT2D eigenvalue weighted by atomic mass is 9.82. The molecule has 45 heavy (non-hydrogen) atoms. The first-order valence-corrected chi connectivity index (χ1v) is 15.9. The maximum absolute atomic E-state index is 6.40. The second kappa shape index (κ2) is 9.84. The van der Waals surface area contributed by atoms with E-state index in [0.29, 0.717) is 0 Å². The van der Waals surface area contributed by atoms with E-state index in [1.807, 2.05) is 6.07 Å². The second-order valence-corrected chi connectivity index (χ2v) is 12.9. The molecule has 0 fully saturated rings. The summed E-state index contributed by atoms with van der Waals surface area (Å²) in [5, 5.41) is 4.84. The van der Waals surface area contributed by atoms with E-state index < -0.39 is 0 Å². The molecule has 0 amide bonds. The highest BCUT2D eigenvalue weighted by atomic mass is 16.3. The van der Waals surface area contributed by atoms with Crippen LogP contribution in [0.1, 0.15) is 37.0 Å². The molecule has 6 aromatic carbocycles. The van der Waals surface area contributed by atoms with E-state index in [4.69, 9.17) is 4.42 Å². The highest BCUT2D eigenvalue weighted by Crippen LogP contribution is 2.50. The number of para-hydroxylation sites is 2. The molecule has 0 spiro atoms. The maximum atomic E-state index is 6.40. The Hall–Kier alpha value is -5.34. The van der Waals surface area contributed by atoms with Crippen molar-refractivity contribution in [3.05, 3.63) is 162 Å². The minimum absolute atomic E-state index is 0.0624. The number of furan rings is 1. The van der Waals surface area contributed by atoms with Crippen LogP contribution in [0.3, 0.4) is 0 Å². The molecule has 2 aliphatic rings. The zero-order valence-electron chi connectivity index (χ0n) is 25.5. The topological polar surface area (TPSA) is 16.4 Å². The number of benzene rings is 6. The minimum atomic E-state index is -0.0624. The fourth-order valence-electron chi connectivity index (χ4n) is 7.74. The van der Waals surface area contributed by atoms with E-state index in [2.05, 4.69) is 158 Å². The van der Waals surface area contributed by atoms with Gasteiger partial charge in [-0.3, -0.25) is 0 Å². The number of hydrogen-bond donors (Lipinski definition) is 0. The molecule has 2 aliphatic carbocycles. The van der Waals surface area contributed by atoms with E-state index >= 15 is 0 Å². The van der Waals surface area contributed by atoms with Gasteiger partial charge in [-0.05, 0) is 63.9 Å². The van der Waals surface area contributed by atoms with Gasteiger partial charge in [0, 0.05) is 38.5 Å². The molecule has 0 radical (unpaired) electrons. The molecular formula is C43H33NO. The molecule has 216 valence electrons. The van der Waals surface area contributed by atoms with Crippen molar-refractivity contribution >= 4 is 49.7 Å². The van der Waals surface area contributed by atoms with Crippen LogP contribution in [0.5, 0.6) is 0 Å². The third kappa shape index (κ3) is 3.95. The third-order valence-electron chi connectivity index (χ3n) is 10.00. The summed E-state index contributed by atoms with van der Waals surface area (Å²) in [4.78, 5) is 2.55. The molecule has 2 nitrogen and oxygen atoms in total. The van der Waals surface area contributed by atoms with Gasteiger partial charge in [0.15, 0.2) is 0 Å². The van der Waals surface area contributed by atoms with E-state index in [9.17, 15) is 0 Å². The normalized spacial score (nSPS) is 16.6. The zero-order valence-corrected chi connectivity index (χ0v) is 25.5. The van der Waals surface area contributed by atoms with Gasteiger partial charge in [0.2, 0.25) is 0 Å². The summed E-state index contributed by atoms with van der Waals surface area (Å²) >= 11 is 0. The Labute approximate surface area is 263 Å². The lowest BCUT2D eigenvalue weighted by Gasteiger charge is -2.35. The van der Waals surface area contributed by atoms with E-state index in [1.165, 1.54) is 55.4 Å². The highest BCUT2D eigenvalue weighted by Gasteiger charge is 2.36. The molecule has 0 saturated heterocycles. The molecule has 1 unspecified atom stereocenters. The Morgan fingerprint density at radius 1 is 0.644 bits per heavy atom. The molecule has 7 aromatic rings. The number of nitrogens with zero attached hydrogens (tertiary/aromatic N) is 1. The Morgan fingerprint density at radius 2 is 1.36 bits per heavy atom. The Morgan fingerprint density at radius 3 is 2.24 bits per heavy atom. The summed E-state index contributed by atoms with van der Waals surface area (Å²) in [6, 6.07) is 46.3. The van der Waals surface area contributed by atoms with Gasteiger partial charge in [-0.25, -0.2) is 0 Å². The van der Waals surface area contributed by atoms with Crippen molar-refractivity contribution in [1.82, 2.24) is 0 Å². The smallest absolute Gasteiger partial charge is 0.143 e. The largest absolute Gasteiger partial charge is 0.455 e. The summed E-state index contributed by atoms with van der Waals surface area (Å²) < 4.78 is 6.40. The van der Waals surface area contributed by atoms with Gasteiger partial charge in [-0.2, -0.15) is 0 Å². The SMILES string of the molecule is CC1(C)c2ccccc2-c2ccc(N(c3cccc4ccccc34)C3C=CC(c4cccc5c4oc4ccccc45)=CC3)cc21. The molecule has 0 aliphatic heterocycles. The molecule has 0 bridgehead atoms. The van der Waals surface area contributed by atoms with E-state index in [1.54, 1.807) is 0 Å². The lowest BCUT2D eigenvalue weighted by Crippen LogP contribution is -2.30. The predicted octanol–water partition coefficient (Wildman–Crippen LogP) is 11.6. The number of anilines is 2. The first kappa shape index (κ1) is 26.1. The number of rotatable bonds is 4. The Balaban J connectivity index is 1.16. The Kier molecular flexibility index (Phi) is 5.70. The van der Waals surface area contributed by atoms with Gasteiger partial charge in [0.25, 0.3) is 0 Å². The predicted molar refractivity (Wildman–Crippen MR) is 189 cm³/mol. The summed E-state index contributed by atoms with van der Waals surface area (Å²) in [5.41, 5.74) is 12.1. The average Bonchev–Trinajstić information content (AvgIpc) is 3.58. The molecule has 2 heteroatoms. The van der Waals surface area contributed by atoms with Crippen molar-refractivity contribution in [1.29, 1.82) is 0 Å². The van der Waals surface area contributed by atoms with Crippen molar-refractivity contribution in [3.63, 3.8) is 0 Å². The maximum Gasteiger partial charge on any atom is 0.143 e. The number of allylic oxidation sites excluding steroid dienone is 2. The van der Waals surface area contributed by atoms with Crippen LogP contribution in [-0.4, -0.2) is 6.04 Å². The van der Waals surface area contributed by atoms with E-state index in [-0.39, 0.29) is 11.5 Å². The van der Waals surface area contributed by atoms with Crippen molar-refractivity contribution < 1.29 is 4.42 Å². The summed E-state index contributed by atoms with van der Waals surface area (Å²) in [6.07, 6.45) is 7.94. The van der Waals surface area contributed by atoms with Gasteiger partial charge < -0.3 is 9.32 Å². The fraction of sp³-hybridized carbons (Fsp3) is 0.116. The first-order chi connectivity index (χ1) is 22.1. The molecule has 9 rings (SSSR count). The highest BCUT2D eigenvalue weighted by molar-refractivity contribution is 6.08. The zero-order chi connectivity index (χ0) is 30.1. The van der Waals surface area contributed by atoms with Gasteiger partial charge in [0.05, 0.1) is 6.04 Å². The molecule has 1 heterocycles. The van der Waals surface area contributed by atoms with Crippen LogP contribution < -0.4 is 4.90 Å². The van der Waals surface area contributed by atoms with Gasteiger partial charge in [-0.15, -0.1) is 0 Å². The molecule has 0 N–H and O–H groups in total. The van der Waals surface area contributed by atoms with Crippen LogP contribution in [0, 0.1) is 0 Å². The molecular weight excluding hydrogens is 546 g/mol. The third-order valence-corrected chi connectivity index (χ3v) is 10.00. The van der Waals surface area contributed by atoms with Crippen molar-refractivity contribution in [2.45, 2.75) is 31.7 Å². The standard InChI is InChI=1S/C43H33NO/c1-43(2)38-18-7-5-14-34(38)35-26-25-31(27-39(35)43)44(40-19-9-12-28-11-3-4-13-32(28)40)30-23-21-29(22-24-30)33-16-10-17-37-36-15-6-8-20-41(36)45-42(33)37/h3-23,25-27,30H,24H2,1-2H3. The minimum Gasteiger partial charge on any atom is -0.455 e. The summed E-state index contributed by atoms with van der Waals surface area (Å²) in [6.45, 7) is 4.72. The van der Waals surface area contributed by atoms with Gasteiger partial charge >= 0.3 is 0 Å². The van der Waals surface area contributed by atoms with Crippen LogP contribution in [0.4, 0.5) is 11.4 Å². The summed E-state index contributed by atoms with van der Waals surface area (Å²) in [7, 11) is 0. The van der Waals surface area contributed by atoms with E-state index in [0.717, 1.165) is 28.5 Å². The van der Waals surface area contributed by atoms with Gasteiger partial charge in [-0.1, -0.05) is 135 Å². The Bertz CT molecular complexity index is 2340. The molecule has 0 saturated carbocycles. The second-order valence-electron chi connectivity index (χ2n) is 12.9.